The van der Waals surface area contributed by atoms with Crippen molar-refractivity contribution in [2.45, 2.75) is 17.2 Å². The standard InChI is InChI=1S/C14H13Cl2NO2S/c15-12-2-1-3-13(16)14(12)20(18,19)9-11-6-4-10(8-17)5-7-11/h1-7H,8-9,17H2. The van der Waals surface area contributed by atoms with Crippen LogP contribution in [0.3, 0.4) is 0 Å². The van der Waals surface area contributed by atoms with Crippen LogP contribution < -0.4 is 5.73 Å². The Balaban J connectivity index is 2.35. The summed E-state index contributed by atoms with van der Waals surface area (Å²) in [6.07, 6.45) is 0. The third-order valence-corrected chi connectivity index (χ3v) is 5.47. The molecule has 0 spiro atoms. The number of rotatable bonds is 4. The van der Waals surface area contributed by atoms with Crippen LogP contribution in [0.1, 0.15) is 11.1 Å². The Bertz CT molecular complexity index is 692. The molecule has 20 heavy (non-hydrogen) atoms. The third kappa shape index (κ3) is 3.33. The SMILES string of the molecule is NCc1ccc(CS(=O)(=O)c2c(Cl)cccc2Cl)cc1. The second-order valence-electron chi connectivity index (χ2n) is 4.33. The Labute approximate surface area is 128 Å². The zero-order valence-corrected chi connectivity index (χ0v) is 12.8. The Morgan fingerprint density at radius 3 is 1.90 bits per heavy atom. The van der Waals surface area contributed by atoms with Crippen LogP contribution in [-0.4, -0.2) is 8.42 Å². The van der Waals surface area contributed by atoms with Crippen molar-refractivity contribution in [1.29, 1.82) is 0 Å². The molecule has 0 aliphatic heterocycles. The van der Waals surface area contributed by atoms with Gasteiger partial charge in [-0.05, 0) is 23.3 Å². The van der Waals surface area contributed by atoms with Crippen LogP contribution in [0.4, 0.5) is 0 Å². The summed E-state index contributed by atoms with van der Waals surface area (Å²) in [6, 6.07) is 11.7. The van der Waals surface area contributed by atoms with Crippen molar-refractivity contribution >= 4 is 33.0 Å². The molecule has 0 unspecified atom stereocenters. The highest BCUT2D eigenvalue weighted by molar-refractivity contribution is 7.90. The Kier molecular flexibility index (Phi) is 4.70. The molecule has 0 heterocycles. The van der Waals surface area contributed by atoms with Gasteiger partial charge in [0, 0.05) is 6.54 Å². The van der Waals surface area contributed by atoms with E-state index in [4.69, 9.17) is 28.9 Å². The Hall–Kier alpha value is -1.07. The van der Waals surface area contributed by atoms with Crippen molar-refractivity contribution in [2.24, 2.45) is 5.73 Å². The highest BCUT2D eigenvalue weighted by Gasteiger charge is 2.22. The van der Waals surface area contributed by atoms with Crippen LogP contribution in [0.25, 0.3) is 0 Å². The molecule has 106 valence electrons. The van der Waals surface area contributed by atoms with Gasteiger partial charge in [0.05, 0.1) is 15.8 Å². The predicted molar refractivity (Wildman–Crippen MR) is 81.7 cm³/mol. The molecular weight excluding hydrogens is 317 g/mol. The molecule has 0 amide bonds. The minimum absolute atomic E-state index is 0.0220. The lowest BCUT2D eigenvalue weighted by Gasteiger charge is -2.09. The van der Waals surface area contributed by atoms with Crippen molar-refractivity contribution in [3.63, 3.8) is 0 Å². The van der Waals surface area contributed by atoms with Crippen molar-refractivity contribution in [3.8, 4) is 0 Å². The molecule has 0 aliphatic rings. The third-order valence-electron chi connectivity index (χ3n) is 2.85. The maximum Gasteiger partial charge on any atom is 0.185 e. The Morgan fingerprint density at radius 1 is 0.900 bits per heavy atom. The van der Waals surface area contributed by atoms with E-state index in [0.29, 0.717) is 12.1 Å². The highest BCUT2D eigenvalue weighted by atomic mass is 35.5. The Morgan fingerprint density at radius 2 is 1.40 bits per heavy atom. The molecule has 3 nitrogen and oxygen atoms in total. The quantitative estimate of drug-likeness (QED) is 0.934. The van der Waals surface area contributed by atoms with Gasteiger partial charge in [-0.2, -0.15) is 0 Å². The van der Waals surface area contributed by atoms with Gasteiger partial charge in [0.15, 0.2) is 9.84 Å². The summed E-state index contributed by atoms with van der Waals surface area (Å²) in [4.78, 5) is -0.0220. The summed E-state index contributed by atoms with van der Waals surface area (Å²) < 4.78 is 24.8. The van der Waals surface area contributed by atoms with Gasteiger partial charge in [-0.15, -0.1) is 0 Å². The van der Waals surface area contributed by atoms with Crippen LogP contribution in [0.2, 0.25) is 10.0 Å². The van der Waals surface area contributed by atoms with Gasteiger partial charge < -0.3 is 5.73 Å². The van der Waals surface area contributed by atoms with E-state index in [9.17, 15) is 8.42 Å². The van der Waals surface area contributed by atoms with Gasteiger partial charge in [0.25, 0.3) is 0 Å². The summed E-state index contributed by atoms with van der Waals surface area (Å²) >= 11 is 11.9. The lowest BCUT2D eigenvalue weighted by Crippen LogP contribution is -2.07. The van der Waals surface area contributed by atoms with Crippen LogP contribution in [0.15, 0.2) is 47.4 Å². The van der Waals surface area contributed by atoms with Crippen molar-refractivity contribution in [2.75, 3.05) is 0 Å². The lowest BCUT2D eigenvalue weighted by molar-refractivity contribution is 0.595. The lowest BCUT2D eigenvalue weighted by atomic mass is 10.1. The average Bonchev–Trinajstić information content (AvgIpc) is 2.38. The van der Waals surface area contributed by atoms with E-state index in [-0.39, 0.29) is 20.7 Å². The molecule has 0 saturated heterocycles. The second-order valence-corrected chi connectivity index (χ2v) is 7.07. The normalized spacial score (nSPS) is 11.6. The molecule has 0 saturated carbocycles. The van der Waals surface area contributed by atoms with E-state index in [1.807, 2.05) is 0 Å². The van der Waals surface area contributed by atoms with Gasteiger partial charge >= 0.3 is 0 Å². The largest absolute Gasteiger partial charge is 0.326 e. The number of hydrogen-bond donors (Lipinski definition) is 1. The molecule has 6 heteroatoms. The van der Waals surface area contributed by atoms with Gasteiger partial charge in [-0.1, -0.05) is 53.5 Å². The van der Waals surface area contributed by atoms with Gasteiger partial charge in [0.1, 0.15) is 4.90 Å². The molecule has 2 N–H and O–H groups in total. The first-order valence-electron chi connectivity index (χ1n) is 5.88. The fraction of sp³-hybridized carbons (Fsp3) is 0.143. The summed E-state index contributed by atoms with van der Waals surface area (Å²) in [5.41, 5.74) is 7.12. The molecule has 2 aromatic rings. The molecule has 0 bridgehead atoms. The van der Waals surface area contributed by atoms with E-state index in [1.54, 1.807) is 30.3 Å². The zero-order chi connectivity index (χ0) is 14.8. The van der Waals surface area contributed by atoms with Crippen molar-refractivity contribution < 1.29 is 8.42 Å². The van der Waals surface area contributed by atoms with E-state index in [2.05, 4.69) is 0 Å². The number of sulfone groups is 1. The monoisotopic (exact) mass is 329 g/mol. The van der Waals surface area contributed by atoms with E-state index < -0.39 is 9.84 Å². The van der Waals surface area contributed by atoms with E-state index in [0.717, 1.165) is 5.56 Å². The number of benzene rings is 2. The zero-order valence-electron chi connectivity index (χ0n) is 10.5. The fourth-order valence-electron chi connectivity index (χ4n) is 1.84. The second kappa shape index (κ2) is 6.14. The molecule has 0 atom stereocenters. The minimum Gasteiger partial charge on any atom is -0.326 e. The summed E-state index contributed by atoms with van der Waals surface area (Å²) in [5, 5.41) is 0.271. The summed E-state index contributed by atoms with van der Waals surface area (Å²) in [5.74, 6) is -0.151. The first kappa shape index (κ1) is 15.3. The molecule has 2 aromatic carbocycles. The van der Waals surface area contributed by atoms with E-state index >= 15 is 0 Å². The minimum atomic E-state index is -3.59. The number of halogens is 2. The molecule has 0 radical (unpaired) electrons. The van der Waals surface area contributed by atoms with Crippen molar-refractivity contribution in [1.82, 2.24) is 0 Å². The van der Waals surface area contributed by atoms with Crippen LogP contribution in [-0.2, 0) is 22.1 Å². The van der Waals surface area contributed by atoms with Crippen LogP contribution >= 0.6 is 23.2 Å². The maximum atomic E-state index is 12.4. The number of nitrogens with two attached hydrogens (primary N) is 1. The van der Waals surface area contributed by atoms with Crippen LogP contribution in [0, 0.1) is 0 Å². The predicted octanol–water partition coefficient (Wildman–Crippen LogP) is 3.43. The van der Waals surface area contributed by atoms with Crippen molar-refractivity contribution in [3.05, 3.63) is 63.6 Å². The molecule has 0 aliphatic carbocycles. The van der Waals surface area contributed by atoms with Crippen LogP contribution in [0.5, 0.6) is 0 Å². The molecular formula is C14H13Cl2NO2S. The topological polar surface area (TPSA) is 60.2 Å². The molecule has 0 aromatic heterocycles. The van der Waals surface area contributed by atoms with Gasteiger partial charge in [-0.3, -0.25) is 0 Å². The highest BCUT2D eigenvalue weighted by Crippen LogP contribution is 2.31. The first-order valence-corrected chi connectivity index (χ1v) is 8.29. The maximum absolute atomic E-state index is 12.4. The average molecular weight is 330 g/mol. The fourth-order valence-corrected chi connectivity index (χ4v) is 4.45. The smallest absolute Gasteiger partial charge is 0.185 e. The molecule has 2 rings (SSSR count). The van der Waals surface area contributed by atoms with Gasteiger partial charge in [0.2, 0.25) is 0 Å². The van der Waals surface area contributed by atoms with E-state index in [1.165, 1.54) is 12.1 Å². The summed E-state index contributed by atoms with van der Waals surface area (Å²) in [6.45, 7) is 0.420. The summed E-state index contributed by atoms with van der Waals surface area (Å²) in [7, 11) is -3.59. The van der Waals surface area contributed by atoms with Gasteiger partial charge in [-0.25, -0.2) is 8.42 Å². The number of hydrogen-bond acceptors (Lipinski definition) is 3. The molecule has 0 fully saturated rings. The first-order chi connectivity index (χ1) is 9.44.